The highest BCUT2D eigenvalue weighted by molar-refractivity contribution is 5.47. The van der Waals surface area contributed by atoms with Crippen LogP contribution in [-0.2, 0) is 5.41 Å². The van der Waals surface area contributed by atoms with Crippen LogP contribution in [0.2, 0.25) is 0 Å². The minimum Gasteiger partial charge on any atom is -0.338 e. The van der Waals surface area contributed by atoms with Gasteiger partial charge in [-0.25, -0.2) is 9.37 Å². The molecule has 0 amide bonds. The van der Waals surface area contributed by atoms with E-state index in [1.165, 1.54) is 6.07 Å². The lowest BCUT2D eigenvalue weighted by atomic mass is 9.76. The zero-order chi connectivity index (χ0) is 14.0. The summed E-state index contributed by atoms with van der Waals surface area (Å²) in [7, 11) is 0. The van der Waals surface area contributed by atoms with Gasteiger partial charge in [0.2, 0.25) is 11.7 Å². The average molecular weight is 276 g/mol. The molecule has 0 atom stereocenters. The summed E-state index contributed by atoms with van der Waals surface area (Å²) < 4.78 is 18.3. The molecule has 5 nitrogen and oxygen atoms in total. The van der Waals surface area contributed by atoms with Gasteiger partial charge in [-0.3, -0.25) is 0 Å². The molecule has 3 heterocycles. The van der Waals surface area contributed by atoms with Gasteiger partial charge in [0.1, 0.15) is 11.5 Å². The molecule has 0 spiro atoms. The standard InChI is InChI=1S/C14H17FN4O/c1-2-14(5-7-16-8-6-14)13-18-12(19-20-13)11-4-3-10(15)9-17-11/h3-4,9,16H,2,5-8H2,1H3. The van der Waals surface area contributed by atoms with Crippen LogP contribution in [0.15, 0.2) is 22.9 Å². The molecule has 20 heavy (non-hydrogen) atoms. The third-order valence-electron chi connectivity index (χ3n) is 4.07. The first-order chi connectivity index (χ1) is 9.73. The predicted molar refractivity (Wildman–Crippen MR) is 71.6 cm³/mol. The van der Waals surface area contributed by atoms with Gasteiger partial charge in [-0.15, -0.1) is 0 Å². The third-order valence-corrected chi connectivity index (χ3v) is 4.07. The number of halogens is 1. The summed E-state index contributed by atoms with van der Waals surface area (Å²) in [6, 6.07) is 2.91. The fraction of sp³-hybridized carbons (Fsp3) is 0.500. The maximum Gasteiger partial charge on any atom is 0.233 e. The number of rotatable bonds is 3. The average Bonchev–Trinajstić information content (AvgIpc) is 2.99. The molecule has 2 aromatic rings. The van der Waals surface area contributed by atoms with E-state index in [1.807, 2.05) is 0 Å². The zero-order valence-electron chi connectivity index (χ0n) is 11.4. The predicted octanol–water partition coefficient (Wildman–Crippen LogP) is 2.30. The summed E-state index contributed by atoms with van der Waals surface area (Å²) in [6.07, 6.45) is 4.10. The maximum absolute atomic E-state index is 12.9. The van der Waals surface area contributed by atoms with Gasteiger partial charge in [0.25, 0.3) is 0 Å². The minimum atomic E-state index is -0.374. The van der Waals surface area contributed by atoms with Crippen molar-refractivity contribution < 1.29 is 8.91 Å². The van der Waals surface area contributed by atoms with Gasteiger partial charge in [-0.1, -0.05) is 12.1 Å². The van der Waals surface area contributed by atoms with Gasteiger partial charge in [0, 0.05) is 0 Å². The van der Waals surface area contributed by atoms with E-state index < -0.39 is 0 Å². The van der Waals surface area contributed by atoms with Crippen LogP contribution in [0.5, 0.6) is 0 Å². The Kier molecular flexibility index (Phi) is 3.48. The second kappa shape index (κ2) is 5.28. The second-order valence-corrected chi connectivity index (χ2v) is 5.17. The molecule has 0 bridgehead atoms. The molecular weight excluding hydrogens is 259 g/mol. The van der Waals surface area contributed by atoms with E-state index in [-0.39, 0.29) is 11.2 Å². The summed E-state index contributed by atoms with van der Waals surface area (Å²) in [6.45, 7) is 4.06. The highest BCUT2D eigenvalue weighted by Gasteiger charge is 2.37. The number of hydrogen-bond acceptors (Lipinski definition) is 5. The van der Waals surface area contributed by atoms with Gasteiger partial charge in [-0.05, 0) is 44.5 Å². The van der Waals surface area contributed by atoms with Crippen molar-refractivity contribution in [3.63, 3.8) is 0 Å². The molecule has 106 valence electrons. The Morgan fingerprint density at radius 1 is 1.35 bits per heavy atom. The van der Waals surface area contributed by atoms with Crippen molar-refractivity contribution in [2.45, 2.75) is 31.6 Å². The van der Waals surface area contributed by atoms with E-state index >= 15 is 0 Å². The van der Waals surface area contributed by atoms with E-state index in [2.05, 4.69) is 27.4 Å². The summed E-state index contributed by atoms with van der Waals surface area (Å²) in [4.78, 5) is 8.47. The molecule has 0 unspecified atom stereocenters. The highest BCUT2D eigenvalue weighted by atomic mass is 19.1. The molecule has 0 aliphatic carbocycles. The van der Waals surface area contributed by atoms with E-state index in [4.69, 9.17) is 4.52 Å². The number of pyridine rings is 1. The van der Waals surface area contributed by atoms with E-state index in [1.54, 1.807) is 6.07 Å². The first-order valence-electron chi connectivity index (χ1n) is 6.90. The highest BCUT2D eigenvalue weighted by Crippen LogP contribution is 2.36. The lowest BCUT2D eigenvalue weighted by Gasteiger charge is -2.33. The van der Waals surface area contributed by atoms with Crippen LogP contribution in [0.1, 0.15) is 32.1 Å². The Hall–Kier alpha value is -1.82. The molecule has 1 N–H and O–H groups in total. The van der Waals surface area contributed by atoms with Crippen LogP contribution in [0.25, 0.3) is 11.5 Å². The smallest absolute Gasteiger partial charge is 0.233 e. The fourth-order valence-corrected chi connectivity index (χ4v) is 2.67. The Balaban J connectivity index is 1.91. The molecule has 2 aromatic heterocycles. The lowest BCUT2D eigenvalue weighted by molar-refractivity contribution is 0.216. The van der Waals surface area contributed by atoms with Crippen LogP contribution < -0.4 is 5.32 Å². The summed E-state index contributed by atoms with van der Waals surface area (Å²) >= 11 is 0. The lowest BCUT2D eigenvalue weighted by Crippen LogP contribution is -2.39. The summed E-state index contributed by atoms with van der Waals surface area (Å²) in [5.74, 6) is 0.717. The third kappa shape index (κ3) is 2.31. The largest absolute Gasteiger partial charge is 0.338 e. The molecule has 1 saturated heterocycles. The SMILES string of the molecule is CCC1(c2nc(-c3ccc(F)cn3)no2)CCNCC1. The van der Waals surface area contributed by atoms with Crippen molar-refractivity contribution in [1.82, 2.24) is 20.4 Å². The molecule has 0 radical (unpaired) electrons. The molecule has 0 aromatic carbocycles. The molecule has 1 aliphatic heterocycles. The van der Waals surface area contributed by atoms with Gasteiger partial charge >= 0.3 is 0 Å². The number of piperidine rings is 1. The Morgan fingerprint density at radius 3 is 2.80 bits per heavy atom. The van der Waals surface area contributed by atoms with Crippen molar-refractivity contribution in [1.29, 1.82) is 0 Å². The Morgan fingerprint density at radius 2 is 2.15 bits per heavy atom. The van der Waals surface area contributed by atoms with Crippen LogP contribution in [0.4, 0.5) is 4.39 Å². The van der Waals surface area contributed by atoms with Gasteiger partial charge in [-0.2, -0.15) is 4.98 Å². The number of nitrogens with zero attached hydrogens (tertiary/aromatic N) is 3. The van der Waals surface area contributed by atoms with Crippen LogP contribution >= 0.6 is 0 Å². The molecule has 0 saturated carbocycles. The summed E-state index contributed by atoms with van der Waals surface area (Å²) in [5.41, 5.74) is 0.484. The zero-order valence-corrected chi connectivity index (χ0v) is 11.4. The first-order valence-corrected chi connectivity index (χ1v) is 6.90. The number of aromatic nitrogens is 3. The monoisotopic (exact) mass is 276 g/mol. The number of hydrogen-bond donors (Lipinski definition) is 1. The summed E-state index contributed by atoms with van der Waals surface area (Å²) in [5, 5.41) is 7.34. The Labute approximate surface area is 116 Å². The first kappa shape index (κ1) is 13.2. The van der Waals surface area contributed by atoms with Crippen molar-refractivity contribution in [3.05, 3.63) is 30.0 Å². The topological polar surface area (TPSA) is 63.8 Å². The van der Waals surface area contributed by atoms with E-state index in [0.717, 1.165) is 38.5 Å². The quantitative estimate of drug-likeness (QED) is 0.932. The van der Waals surface area contributed by atoms with E-state index in [0.29, 0.717) is 17.4 Å². The van der Waals surface area contributed by atoms with Crippen molar-refractivity contribution in [3.8, 4) is 11.5 Å². The van der Waals surface area contributed by atoms with Crippen molar-refractivity contribution in [2.24, 2.45) is 0 Å². The van der Waals surface area contributed by atoms with Gasteiger partial charge in [0.15, 0.2) is 0 Å². The molecule has 1 aliphatic rings. The maximum atomic E-state index is 12.9. The van der Waals surface area contributed by atoms with Crippen molar-refractivity contribution >= 4 is 0 Å². The molecule has 6 heteroatoms. The van der Waals surface area contributed by atoms with Gasteiger partial charge < -0.3 is 9.84 Å². The van der Waals surface area contributed by atoms with Crippen LogP contribution in [0, 0.1) is 5.82 Å². The molecule has 3 rings (SSSR count). The fourth-order valence-electron chi connectivity index (χ4n) is 2.67. The minimum absolute atomic E-state index is 0.0451. The molecule has 1 fully saturated rings. The van der Waals surface area contributed by atoms with Gasteiger partial charge in [0.05, 0.1) is 11.6 Å². The number of nitrogens with one attached hydrogen (secondary N) is 1. The van der Waals surface area contributed by atoms with Crippen LogP contribution in [-0.4, -0.2) is 28.2 Å². The van der Waals surface area contributed by atoms with Crippen LogP contribution in [0.3, 0.4) is 0 Å². The van der Waals surface area contributed by atoms with Crippen molar-refractivity contribution in [2.75, 3.05) is 13.1 Å². The second-order valence-electron chi connectivity index (χ2n) is 5.17. The normalized spacial score (nSPS) is 18.1. The van der Waals surface area contributed by atoms with E-state index in [9.17, 15) is 4.39 Å². The Bertz CT molecular complexity index is 575. The molecular formula is C14H17FN4O.